The number of allylic oxidation sites excluding steroid dienone is 1. The van der Waals surface area contributed by atoms with Gasteiger partial charge in [-0.3, -0.25) is 0 Å². The molecule has 222 valence electrons. The lowest BCUT2D eigenvalue weighted by Gasteiger charge is -2.13. The van der Waals surface area contributed by atoms with E-state index in [2.05, 4.69) is 36.4 Å². The Morgan fingerprint density at radius 1 is 0.714 bits per heavy atom. The Morgan fingerprint density at radius 2 is 1.29 bits per heavy atom. The molecule has 42 heavy (non-hydrogen) atoms. The summed E-state index contributed by atoms with van der Waals surface area (Å²) >= 11 is 0. The minimum atomic E-state index is -1.18. The van der Waals surface area contributed by atoms with E-state index < -0.39 is 30.4 Å². The van der Waals surface area contributed by atoms with Crippen LogP contribution in [0.25, 0.3) is 17.2 Å². The highest BCUT2D eigenvalue weighted by Gasteiger charge is 2.47. The number of benzene rings is 3. The first-order valence-electron chi connectivity index (χ1n) is 14.8. The Labute approximate surface area is 248 Å². The Bertz CT molecular complexity index is 1240. The summed E-state index contributed by atoms with van der Waals surface area (Å²) in [5.41, 5.74) is 3.98. The van der Waals surface area contributed by atoms with Crippen molar-refractivity contribution < 1.29 is 33.3 Å². The third-order valence-electron chi connectivity index (χ3n) is 6.87. The number of rotatable bonds is 15. The average molecular weight is 573 g/mol. The monoisotopic (exact) mass is 572 g/mol. The quantitative estimate of drug-likeness (QED) is 0.140. The van der Waals surface area contributed by atoms with Crippen molar-refractivity contribution in [3.8, 4) is 16.9 Å². The SMILES string of the molecule is CCOC(=O)[C@@H]1OC(c2ccc(-c3ccc(OCCCCCC/C=C/c4ccccc4)cc3)cc2)O[C@H]1C(=O)OCC. The summed E-state index contributed by atoms with van der Waals surface area (Å²) in [7, 11) is 0. The zero-order chi connectivity index (χ0) is 29.6. The molecule has 1 aliphatic rings. The predicted octanol–water partition coefficient (Wildman–Crippen LogP) is 7.31. The summed E-state index contributed by atoms with van der Waals surface area (Å²) in [6.45, 7) is 4.43. The summed E-state index contributed by atoms with van der Waals surface area (Å²) in [6, 6.07) is 26.0. The first-order chi connectivity index (χ1) is 20.6. The molecular formula is C35H40O7. The summed E-state index contributed by atoms with van der Waals surface area (Å²) < 4.78 is 27.6. The second-order valence-electron chi connectivity index (χ2n) is 9.96. The smallest absolute Gasteiger partial charge is 0.338 e. The largest absolute Gasteiger partial charge is 0.494 e. The van der Waals surface area contributed by atoms with E-state index in [1.54, 1.807) is 13.8 Å². The Morgan fingerprint density at radius 3 is 1.88 bits per heavy atom. The molecule has 1 aliphatic heterocycles. The van der Waals surface area contributed by atoms with Crippen molar-refractivity contribution in [2.24, 2.45) is 0 Å². The summed E-state index contributed by atoms with van der Waals surface area (Å²) in [5.74, 6) is -0.447. The fraction of sp³-hybridized carbons (Fsp3) is 0.371. The lowest BCUT2D eigenvalue weighted by atomic mass is 10.0. The molecule has 0 aliphatic carbocycles. The molecule has 2 atom stereocenters. The molecule has 0 amide bonds. The molecule has 1 heterocycles. The van der Waals surface area contributed by atoms with Crippen molar-refractivity contribution in [1.29, 1.82) is 0 Å². The lowest BCUT2D eigenvalue weighted by Crippen LogP contribution is -2.39. The molecule has 1 fully saturated rings. The van der Waals surface area contributed by atoms with Crippen LogP contribution in [0.3, 0.4) is 0 Å². The van der Waals surface area contributed by atoms with Gasteiger partial charge in [-0.15, -0.1) is 0 Å². The van der Waals surface area contributed by atoms with E-state index in [9.17, 15) is 9.59 Å². The van der Waals surface area contributed by atoms with E-state index in [1.807, 2.05) is 54.6 Å². The van der Waals surface area contributed by atoms with Crippen molar-refractivity contribution in [1.82, 2.24) is 0 Å². The number of hydrogen-bond donors (Lipinski definition) is 0. The fourth-order valence-corrected chi connectivity index (χ4v) is 4.67. The predicted molar refractivity (Wildman–Crippen MR) is 162 cm³/mol. The zero-order valence-corrected chi connectivity index (χ0v) is 24.4. The highest BCUT2D eigenvalue weighted by atomic mass is 16.8. The highest BCUT2D eigenvalue weighted by Crippen LogP contribution is 2.34. The maximum Gasteiger partial charge on any atom is 0.338 e. The van der Waals surface area contributed by atoms with Crippen LogP contribution >= 0.6 is 0 Å². The Kier molecular flexibility index (Phi) is 12.2. The molecule has 0 bridgehead atoms. The van der Waals surface area contributed by atoms with E-state index in [1.165, 1.54) is 18.4 Å². The number of hydrogen-bond acceptors (Lipinski definition) is 7. The molecule has 0 spiro atoms. The lowest BCUT2D eigenvalue weighted by molar-refractivity contribution is -0.163. The van der Waals surface area contributed by atoms with Gasteiger partial charge in [0.15, 0.2) is 18.5 Å². The molecule has 1 saturated heterocycles. The van der Waals surface area contributed by atoms with Gasteiger partial charge in [0.2, 0.25) is 0 Å². The first-order valence-corrected chi connectivity index (χ1v) is 14.8. The zero-order valence-electron chi connectivity index (χ0n) is 24.4. The van der Waals surface area contributed by atoms with Crippen LogP contribution in [0.1, 0.15) is 63.4 Å². The number of unbranched alkanes of at least 4 members (excludes halogenated alkanes) is 4. The number of carbonyl (C=O) groups is 2. The number of ether oxygens (including phenoxy) is 5. The van der Waals surface area contributed by atoms with Crippen LogP contribution in [0.5, 0.6) is 5.75 Å². The van der Waals surface area contributed by atoms with Gasteiger partial charge in [0.1, 0.15) is 5.75 Å². The van der Waals surface area contributed by atoms with Crippen molar-refractivity contribution in [2.75, 3.05) is 19.8 Å². The normalized spacial score (nSPS) is 16.9. The first kappa shape index (κ1) is 31.0. The molecular weight excluding hydrogens is 532 g/mol. The molecule has 7 heteroatoms. The van der Waals surface area contributed by atoms with E-state index in [-0.39, 0.29) is 13.2 Å². The number of carbonyl (C=O) groups excluding carboxylic acids is 2. The Hall–Kier alpha value is -3.94. The van der Waals surface area contributed by atoms with Gasteiger partial charge in [0.25, 0.3) is 0 Å². The van der Waals surface area contributed by atoms with Crippen LogP contribution in [0, 0.1) is 0 Å². The van der Waals surface area contributed by atoms with Gasteiger partial charge >= 0.3 is 11.9 Å². The van der Waals surface area contributed by atoms with Crippen molar-refractivity contribution in [2.45, 2.75) is 64.4 Å². The van der Waals surface area contributed by atoms with Gasteiger partial charge < -0.3 is 23.7 Å². The summed E-state index contributed by atoms with van der Waals surface area (Å²) in [5, 5.41) is 0. The van der Waals surface area contributed by atoms with E-state index in [4.69, 9.17) is 23.7 Å². The maximum atomic E-state index is 12.3. The van der Waals surface area contributed by atoms with Gasteiger partial charge in [-0.05, 0) is 61.9 Å². The molecule has 4 rings (SSSR count). The van der Waals surface area contributed by atoms with Crippen molar-refractivity contribution in [3.05, 3.63) is 96.1 Å². The maximum absolute atomic E-state index is 12.3. The standard InChI is InChI=1S/C35H40O7/c1-3-38-33(36)31-32(34(37)39-4-2)42-35(41-31)29-19-17-27(18-20-29)28-21-23-30(24-22-28)40-25-13-8-6-5-7-10-14-26-15-11-9-12-16-26/h9-12,14-24,31-32,35H,3-8,13,25H2,1-2H3/b14-10+/t31-,32-/m1/s1. The summed E-state index contributed by atoms with van der Waals surface area (Å²) in [4.78, 5) is 24.7. The van der Waals surface area contributed by atoms with Crippen molar-refractivity contribution in [3.63, 3.8) is 0 Å². The van der Waals surface area contributed by atoms with Crippen LogP contribution in [0.15, 0.2) is 84.9 Å². The van der Waals surface area contributed by atoms with Crippen LogP contribution in [-0.2, 0) is 28.5 Å². The van der Waals surface area contributed by atoms with Gasteiger partial charge in [0.05, 0.1) is 19.8 Å². The molecule has 0 radical (unpaired) electrons. The molecule has 0 N–H and O–H groups in total. The van der Waals surface area contributed by atoms with E-state index >= 15 is 0 Å². The van der Waals surface area contributed by atoms with Crippen molar-refractivity contribution >= 4 is 18.0 Å². The topological polar surface area (TPSA) is 80.3 Å². The third kappa shape index (κ3) is 9.03. The molecule has 7 nitrogen and oxygen atoms in total. The second kappa shape index (κ2) is 16.5. The Balaban J connectivity index is 1.20. The minimum absolute atomic E-state index is 0.172. The fourth-order valence-electron chi connectivity index (χ4n) is 4.67. The molecule has 0 aromatic heterocycles. The van der Waals surface area contributed by atoms with E-state index in [0.29, 0.717) is 12.2 Å². The van der Waals surface area contributed by atoms with Crippen LogP contribution in [0.2, 0.25) is 0 Å². The third-order valence-corrected chi connectivity index (χ3v) is 6.87. The molecule has 3 aromatic carbocycles. The van der Waals surface area contributed by atoms with Gasteiger partial charge in [-0.2, -0.15) is 0 Å². The molecule has 0 unspecified atom stereocenters. The van der Waals surface area contributed by atoms with Gasteiger partial charge in [-0.25, -0.2) is 9.59 Å². The molecule has 0 saturated carbocycles. The van der Waals surface area contributed by atoms with Gasteiger partial charge in [-0.1, -0.05) is 91.7 Å². The average Bonchev–Trinajstić information content (AvgIpc) is 3.48. The van der Waals surface area contributed by atoms with Crippen LogP contribution in [0.4, 0.5) is 0 Å². The van der Waals surface area contributed by atoms with Gasteiger partial charge in [0, 0.05) is 5.56 Å². The van der Waals surface area contributed by atoms with E-state index in [0.717, 1.165) is 36.1 Å². The second-order valence-corrected chi connectivity index (χ2v) is 9.96. The minimum Gasteiger partial charge on any atom is -0.494 e. The van der Waals surface area contributed by atoms with Crippen LogP contribution < -0.4 is 4.74 Å². The highest BCUT2D eigenvalue weighted by molar-refractivity contribution is 5.86. The summed E-state index contributed by atoms with van der Waals surface area (Å²) in [6.07, 6.45) is 6.86. The van der Waals surface area contributed by atoms with Crippen LogP contribution in [-0.4, -0.2) is 44.0 Å². The molecule has 3 aromatic rings. The number of esters is 2.